The molecule has 0 N–H and O–H groups in total. The first-order chi connectivity index (χ1) is 11.1. The molecule has 1 amide bonds. The molecule has 0 saturated carbocycles. The fourth-order valence-electron chi connectivity index (χ4n) is 2.78. The number of halogens is 2. The van der Waals surface area contributed by atoms with Gasteiger partial charge < -0.3 is 4.90 Å². The Hall–Kier alpha value is -1.72. The highest BCUT2D eigenvalue weighted by Crippen LogP contribution is 2.18. The van der Waals surface area contributed by atoms with Crippen LogP contribution >= 0.6 is 15.9 Å². The van der Waals surface area contributed by atoms with Gasteiger partial charge in [0.15, 0.2) is 0 Å². The molecule has 1 saturated heterocycles. The summed E-state index contributed by atoms with van der Waals surface area (Å²) in [5.41, 5.74) is 1.41. The lowest BCUT2D eigenvalue weighted by molar-refractivity contribution is 0.0624. The number of rotatable bonds is 3. The zero-order chi connectivity index (χ0) is 16.2. The van der Waals surface area contributed by atoms with Crippen molar-refractivity contribution in [1.29, 1.82) is 0 Å². The Morgan fingerprint density at radius 1 is 1.04 bits per heavy atom. The van der Waals surface area contributed by atoms with Gasteiger partial charge in [-0.3, -0.25) is 9.69 Å². The molecule has 23 heavy (non-hydrogen) atoms. The van der Waals surface area contributed by atoms with E-state index < -0.39 is 5.82 Å². The Morgan fingerprint density at radius 3 is 2.39 bits per heavy atom. The van der Waals surface area contributed by atoms with Gasteiger partial charge in [0.1, 0.15) is 5.82 Å². The van der Waals surface area contributed by atoms with Crippen molar-refractivity contribution in [3.63, 3.8) is 0 Å². The highest BCUT2D eigenvalue weighted by atomic mass is 79.9. The molecule has 0 unspecified atom stereocenters. The number of hydrogen-bond acceptors (Lipinski definition) is 2. The van der Waals surface area contributed by atoms with Crippen LogP contribution in [-0.4, -0.2) is 41.9 Å². The van der Waals surface area contributed by atoms with E-state index in [1.165, 1.54) is 17.7 Å². The van der Waals surface area contributed by atoms with Crippen LogP contribution in [0.1, 0.15) is 15.9 Å². The van der Waals surface area contributed by atoms with Crippen molar-refractivity contribution >= 4 is 21.8 Å². The Balaban J connectivity index is 1.59. The second-order valence-electron chi connectivity index (χ2n) is 5.68. The number of amides is 1. The average molecular weight is 377 g/mol. The molecule has 1 aliphatic heterocycles. The maximum atomic E-state index is 13.9. The second kappa shape index (κ2) is 7.23. The van der Waals surface area contributed by atoms with Crippen molar-refractivity contribution in [2.24, 2.45) is 0 Å². The first-order valence-electron chi connectivity index (χ1n) is 7.64. The molecule has 3 rings (SSSR count). The van der Waals surface area contributed by atoms with Crippen LogP contribution in [-0.2, 0) is 6.54 Å². The summed E-state index contributed by atoms with van der Waals surface area (Å²) in [4.78, 5) is 16.5. The standard InChI is InChI=1S/C18H18BrFN2O/c19-15-6-7-16(17(20)12-15)18(23)22-10-8-21(9-11-22)13-14-4-2-1-3-5-14/h1-7,12H,8-11,13H2. The van der Waals surface area contributed by atoms with Crippen LogP contribution in [0.3, 0.4) is 0 Å². The lowest BCUT2D eigenvalue weighted by Crippen LogP contribution is -2.48. The molecule has 1 heterocycles. The first-order valence-corrected chi connectivity index (χ1v) is 8.43. The quantitative estimate of drug-likeness (QED) is 0.817. The van der Waals surface area contributed by atoms with Gasteiger partial charge in [-0.2, -0.15) is 0 Å². The van der Waals surface area contributed by atoms with E-state index in [0.29, 0.717) is 17.6 Å². The maximum absolute atomic E-state index is 13.9. The van der Waals surface area contributed by atoms with Crippen molar-refractivity contribution in [1.82, 2.24) is 9.80 Å². The first kappa shape index (κ1) is 16.1. The molecule has 0 spiro atoms. The topological polar surface area (TPSA) is 23.6 Å². The lowest BCUT2D eigenvalue weighted by atomic mass is 10.1. The fourth-order valence-corrected chi connectivity index (χ4v) is 3.12. The fraction of sp³-hybridized carbons (Fsp3) is 0.278. The van der Waals surface area contributed by atoms with Crippen LogP contribution in [0.4, 0.5) is 4.39 Å². The maximum Gasteiger partial charge on any atom is 0.256 e. The highest BCUT2D eigenvalue weighted by molar-refractivity contribution is 9.10. The molecule has 0 radical (unpaired) electrons. The third-order valence-electron chi connectivity index (χ3n) is 4.07. The number of piperazine rings is 1. The summed E-state index contributed by atoms with van der Waals surface area (Å²) in [6, 6.07) is 14.9. The van der Waals surface area contributed by atoms with E-state index in [1.54, 1.807) is 11.0 Å². The molecule has 3 nitrogen and oxygen atoms in total. The van der Waals surface area contributed by atoms with E-state index in [9.17, 15) is 9.18 Å². The van der Waals surface area contributed by atoms with Gasteiger partial charge in [-0.25, -0.2) is 4.39 Å². The molecule has 1 fully saturated rings. The number of carbonyl (C=O) groups is 1. The Bertz CT molecular complexity index is 685. The predicted octanol–water partition coefficient (Wildman–Crippen LogP) is 3.55. The summed E-state index contributed by atoms with van der Waals surface area (Å²) in [5.74, 6) is -0.703. The molecule has 120 valence electrons. The number of benzene rings is 2. The van der Waals surface area contributed by atoms with Gasteiger partial charge in [-0.1, -0.05) is 46.3 Å². The summed E-state index contributed by atoms with van der Waals surface area (Å²) in [5, 5.41) is 0. The smallest absolute Gasteiger partial charge is 0.256 e. The highest BCUT2D eigenvalue weighted by Gasteiger charge is 2.24. The summed E-state index contributed by atoms with van der Waals surface area (Å²) < 4.78 is 14.6. The summed E-state index contributed by atoms with van der Waals surface area (Å²) in [7, 11) is 0. The van der Waals surface area contributed by atoms with Crippen LogP contribution in [0, 0.1) is 5.82 Å². The van der Waals surface area contributed by atoms with Crippen LogP contribution in [0.2, 0.25) is 0 Å². The van der Waals surface area contributed by atoms with Crippen LogP contribution < -0.4 is 0 Å². The summed E-state index contributed by atoms with van der Waals surface area (Å²) >= 11 is 3.21. The molecule has 0 atom stereocenters. The zero-order valence-electron chi connectivity index (χ0n) is 12.7. The minimum atomic E-state index is -0.476. The van der Waals surface area contributed by atoms with Gasteiger partial charge in [-0.15, -0.1) is 0 Å². The van der Waals surface area contributed by atoms with E-state index in [-0.39, 0.29) is 11.5 Å². The van der Waals surface area contributed by atoms with Gasteiger partial charge in [0.25, 0.3) is 5.91 Å². The van der Waals surface area contributed by atoms with E-state index in [0.717, 1.165) is 19.6 Å². The molecule has 5 heteroatoms. The molecule has 1 aliphatic rings. The normalized spacial score (nSPS) is 15.7. The average Bonchev–Trinajstić information content (AvgIpc) is 2.56. The van der Waals surface area contributed by atoms with Crippen molar-refractivity contribution in [2.45, 2.75) is 6.54 Å². The lowest BCUT2D eigenvalue weighted by Gasteiger charge is -2.34. The Labute approximate surface area is 143 Å². The molecule has 2 aromatic rings. The van der Waals surface area contributed by atoms with Gasteiger partial charge in [-0.05, 0) is 23.8 Å². The largest absolute Gasteiger partial charge is 0.336 e. The molecular weight excluding hydrogens is 359 g/mol. The number of hydrogen-bond donors (Lipinski definition) is 0. The van der Waals surface area contributed by atoms with Crippen molar-refractivity contribution in [3.8, 4) is 0 Å². The van der Waals surface area contributed by atoms with Crippen LogP contribution in [0.25, 0.3) is 0 Å². The molecule has 0 aliphatic carbocycles. The van der Waals surface area contributed by atoms with Crippen molar-refractivity contribution in [3.05, 3.63) is 69.9 Å². The van der Waals surface area contributed by atoms with Crippen LogP contribution in [0.15, 0.2) is 53.0 Å². The van der Waals surface area contributed by atoms with Crippen molar-refractivity contribution < 1.29 is 9.18 Å². The van der Waals surface area contributed by atoms with Gasteiger partial charge in [0, 0.05) is 37.2 Å². The second-order valence-corrected chi connectivity index (χ2v) is 6.59. The van der Waals surface area contributed by atoms with Gasteiger partial charge in [0.05, 0.1) is 5.56 Å². The number of carbonyl (C=O) groups excluding carboxylic acids is 1. The molecule has 0 aromatic heterocycles. The monoisotopic (exact) mass is 376 g/mol. The van der Waals surface area contributed by atoms with E-state index in [4.69, 9.17) is 0 Å². The van der Waals surface area contributed by atoms with E-state index in [1.807, 2.05) is 18.2 Å². The van der Waals surface area contributed by atoms with Gasteiger partial charge in [0.2, 0.25) is 0 Å². The SMILES string of the molecule is O=C(c1ccc(Br)cc1F)N1CCN(Cc2ccccc2)CC1. The minimum Gasteiger partial charge on any atom is -0.336 e. The summed E-state index contributed by atoms with van der Waals surface area (Å²) in [6.07, 6.45) is 0. The Kier molecular flexibility index (Phi) is 5.08. The van der Waals surface area contributed by atoms with E-state index >= 15 is 0 Å². The van der Waals surface area contributed by atoms with Crippen molar-refractivity contribution in [2.75, 3.05) is 26.2 Å². The Morgan fingerprint density at radius 2 is 1.74 bits per heavy atom. The minimum absolute atomic E-state index is 0.143. The zero-order valence-corrected chi connectivity index (χ0v) is 14.3. The summed E-state index contributed by atoms with van der Waals surface area (Å²) in [6.45, 7) is 3.75. The van der Waals surface area contributed by atoms with Crippen LogP contribution in [0.5, 0.6) is 0 Å². The third-order valence-corrected chi connectivity index (χ3v) is 4.56. The third kappa shape index (κ3) is 3.98. The molecule has 0 bridgehead atoms. The number of nitrogens with zero attached hydrogens (tertiary/aromatic N) is 2. The predicted molar refractivity (Wildman–Crippen MR) is 91.7 cm³/mol. The van der Waals surface area contributed by atoms with Gasteiger partial charge >= 0.3 is 0 Å². The molecular formula is C18H18BrFN2O. The van der Waals surface area contributed by atoms with E-state index in [2.05, 4.69) is 33.0 Å². The molecule has 2 aromatic carbocycles.